The van der Waals surface area contributed by atoms with Gasteiger partial charge in [0, 0.05) is 37.9 Å². The van der Waals surface area contributed by atoms with E-state index in [0.29, 0.717) is 0 Å². The summed E-state index contributed by atoms with van der Waals surface area (Å²) in [5.74, 6) is 0.943. The van der Waals surface area contributed by atoms with Crippen molar-refractivity contribution >= 4 is 5.69 Å². The molecular formula is C15H25N3O. The Morgan fingerprint density at radius 3 is 2.95 bits per heavy atom. The van der Waals surface area contributed by atoms with Gasteiger partial charge in [-0.15, -0.1) is 0 Å². The van der Waals surface area contributed by atoms with Crippen molar-refractivity contribution < 1.29 is 4.74 Å². The first kappa shape index (κ1) is 14.2. The Balaban J connectivity index is 2.11. The van der Waals surface area contributed by atoms with Crippen LogP contribution in [-0.2, 0) is 6.54 Å². The van der Waals surface area contributed by atoms with Crippen molar-refractivity contribution in [1.82, 2.24) is 10.2 Å². The third kappa shape index (κ3) is 3.85. The molecule has 0 saturated carbocycles. The van der Waals surface area contributed by atoms with Crippen LogP contribution in [-0.4, -0.2) is 52.3 Å². The molecule has 1 aromatic rings. The minimum absolute atomic E-state index is 0.943. The fourth-order valence-corrected chi connectivity index (χ4v) is 2.48. The van der Waals surface area contributed by atoms with Crippen molar-refractivity contribution in [2.45, 2.75) is 13.0 Å². The average molecular weight is 263 g/mol. The molecule has 1 aliphatic heterocycles. The van der Waals surface area contributed by atoms with Crippen LogP contribution in [0.2, 0.25) is 0 Å². The van der Waals surface area contributed by atoms with Crippen molar-refractivity contribution in [3.05, 3.63) is 23.8 Å². The number of nitrogens with zero attached hydrogens (tertiary/aromatic N) is 2. The molecule has 0 fully saturated rings. The number of anilines is 1. The lowest BCUT2D eigenvalue weighted by atomic mass is 10.1. The lowest BCUT2D eigenvalue weighted by Crippen LogP contribution is -2.31. The first-order valence-corrected chi connectivity index (χ1v) is 6.98. The van der Waals surface area contributed by atoms with Crippen molar-refractivity contribution in [1.29, 1.82) is 0 Å². The molecule has 4 nitrogen and oxygen atoms in total. The molecule has 1 heterocycles. The van der Waals surface area contributed by atoms with E-state index in [0.717, 1.165) is 38.5 Å². The van der Waals surface area contributed by atoms with Gasteiger partial charge in [-0.3, -0.25) is 0 Å². The maximum atomic E-state index is 5.36. The summed E-state index contributed by atoms with van der Waals surface area (Å²) >= 11 is 0. The van der Waals surface area contributed by atoms with Crippen LogP contribution in [0.5, 0.6) is 5.75 Å². The number of methoxy groups -OCH3 is 1. The summed E-state index contributed by atoms with van der Waals surface area (Å²) in [6.45, 7) is 5.28. The molecule has 19 heavy (non-hydrogen) atoms. The van der Waals surface area contributed by atoms with E-state index in [1.807, 2.05) is 6.07 Å². The van der Waals surface area contributed by atoms with E-state index >= 15 is 0 Å². The molecule has 0 atom stereocenters. The van der Waals surface area contributed by atoms with Gasteiger partial charge in [0.15, 0.2) is 0 Å². The van der Waals surface area contributed by atoms with Gasteiger partial charge >= 0.3 is 0 Å². The van der Waals surface area contributed by atoms with E-state index in [1.165, 1.54) is 17.7 Å². The van der Waals surface area contributed by atoms with Crippen LogP contribution in [0.4, 0.5) is 5.69 Å². The van der Waals surface area contributed by atoms with Crippen molar-refractivity contribution in [2.75, 3.05) is 52.3 Å². The van der Waals surface area contributed by atoms with E-state index < -0.39 is 0 Å². The van der Waals surface area contributed by atoms with E-state index in [4.69, 9.17) is 4.74 Å². The monoisotopic (exact) mass is 263 g/mol. The Kier molecular flexibility index (Phi) is 5.05. The fraction of sp³-hybridized carbons (Fsp3) is 0.600. The van der Waals surface area contributed by atoms with Crippen molar-refractivity contribution in [2.24, 2.45) is 0 Å². The van der Waals surface area contributed by atoms with Gasteiger partial charge in [0.05, 0.1) is 7.11 Å². The van der Waals surface area contributed by atoms with Gasteiger partial charge in [-0.25, -0.2) is 0 Å². The number of rotatable bonds is 5. The lowest BCUT2D eigenvalue weighted by Gasteiger charge is -2.25. The molecule has 2 rings (SSSR count). The van der Waals surface area contributed by atoms with Gasteiger partial charge in [-0.1, -0.05) is 6.07 Å². The molecule has 0 aromatic heterocycles. The van der Waals surface area contributed by atoms with Gasteiger partial charge in [0.2, 0.25) is 0 Å². The minimum atomic E-state index is 0.943. The molecular weight excluding hydrogens is 238 g/mol. The largest absolute Gasteiger partial charge is 0.497 e. The van der Waals surface area contributed by atoms with Crippen LogP contribution >= 0.6 is 0 Å². The maximum Gasteiger partial charge on any atom is 0.120 e. The van der Waals surface area contributed by atoms with Gasteiger partial charge in [0.1, 0.15) is 5.75 Å². The Labute approximate surface area is 116 Å². The summed E-state index contributed by atoms with van der Waals surface area (Å²) in [7, 11) is 5.98. The molecule has 0 unspecified atom stereocenters. The van der Waals surface area contributed by atoms with E-state index in [-0.39, 0.29) is 0 Å². The Morgan fingerprint density at radius 1 is 1.37 bits per heavy atom. The average Bonchev–Trinajstić information content (AvgIpc) is 2.60. The van der Waals surface area contributed by atoms with Crippen LogP contribution in [0.1, 0.15) is 12.0 Å². The van der Waals surface area contributed by atoms with Crippen LogP contribution < -0.4 is 15.0 Å². The van der Waals surface area contributed by atoms with E-state index in [2.05, 4.69) is 41.3 Å². The van der Waals surface area contributed by atoms with E-state index in [9.17, 15) is 0 Å². The molecule has 1 aliphatic rings. The summed E-state index contributed by atoms with van der Waals surface area (Å²) in [5, 5.41) is 3.48. The zero-order chi connectivity index (χ0) is 13.7. The SMILES string of the molecule is COc1ccc2c(c1)N(CCCN(C)C)CCNC2. The minimum Gasteiger partial charge on any atom is -0.497 e. The summed E-state index contributed by atoms with van der Waals surface area (Å²) < 4.78 is 5.36. The second kappa shape index (κ2) is 6.78. The second-order valence-corrected chi connectivity index (χ2v) is 5.32. The van der Waals surface area contributed by atoms with Crippen LogP contribution in [0, 0.1) is 0 Å². The number of ether oxygens (including phenoxy) is 1. The number of fused-ring (bicyclic) bond motifs is 1. The van der Waals surface area contributed by atoms with Gasteiger partial charge in [-0.05, 0) is 38.7 Å². The predicted octanol–water partition coefficient (Wildman–Crippen LogP) is 1.56. The fourth-order valence-electron chi connectivity index (χ4n) is 2.48. The highest BCUT2D eigenvalue weighted by Crippen LogP contribution is 2.27. The lowest BCUT2D eigenvalue weighted by molar-refractivity contribution is 0.400. The smallest absolute Gasteiger partial charge is 0.120 e. The third-order valence-electron chi connectivity index (χ3n) is 3.54. The Bertz CT molecular complexity index is 406. The standard InChI is InChI=1S/C15H25N3O/c1-17(2)8-4-9-18-10-7-16-12-13-5-6-14(19-3)11-15(13)18/h5-6,11,16H,4,7-10,12H2,1-3H3. The summed E-state index contributed by atoms with van der Waals surface area (Å²) in [6, 6.07) is 6.38. The predicted molar refractivity (Wildman–Crippen MR) is 80.1 cm³/mol. The third-order valence-corrected chi connectivity index (χ3v) is 3.54. The highest BCUT2D eigenvalue weighted by atomic mass is 16.5. The van der Waals surface area contributed by atoms with Crippen molar-refractivity contribution in [3.63, 3.8) is 0 Å². The summed E-state index contributed by atoms with van der Waals surface area (Å²) in [4.78, 5) is 4.71. The quantitative estimate of drug-likeness (QED) is 0.872. The maximum absolute atomic E-state index is 5.36. The molecule has 1 N–H and O–H groups in total. The Morgan fingerprint density at radius 2 is 2.21 bits per heavy atom. The highest BCUT2D eigenvalue weighted by Gasteiger charge is 2.15. The highest BCUT2D eigenvalue weighted by molar-refractivity contribution is 5.58. The molecule has 0 radical (unpaired) electrons. The van der Waals surface area contributed by atoms with Gasteiger partial charge in [0.25, 0.3) is 0 Å². The van der Waals surface area contributed by atoms with Gasteiger partial charge in [-0.2, -0.15) is 0 Å². The topological polar surface area (TPSA) is 27.7 Å². The first-order valence-electron chi connectivity index (χ1n) is 6.98. The molecule has 0 spiro atoms. The zero-order valence-electron chi connectivity index (χ0n) is 12.3. The molecule has 0 saturated heterocycles. The molecule has 0 aliphatic carbocycles. The van der Waals surface area contributed by atoms with Crippen LogP contribution in [0.15, 0.2) is 18.2 Å². The van der Waals surface area contributed by atoms with Crippen LogP contribution in [0.3, 0.4) is 0 Å². The van der Waals surface area contributed by atoms with Gasteiger partial charge < -0.3 is 19.9 Å². The van der Waals surface area contributed by atoms with E-state index in [1.54, 1.807) is 7.11 Å². The molecule has 106 valence electrons. The normalized spacial score (nSPS) is 15.3. The summed E-state index contributed by atoms with van der Waals surface area (Å²) in [6.07, 6.45) is 1.18. The second-order valence-electron chi connectivity index (χ2n) is 5.32. The molecule has 0 bridgehead atoms. The number of hydrogen-bond donors (Lipinski definition) is 1. The van der Waals surface area contributed by atoms with Crippen molar-refractivity contribution in [3.8, 4) is 5.75 Å². The summed E-state index contributed by atoms with van der Waals surface area (Å²) in [5.41, 5.74) is 2.69. The number of hydrogen-bond acceptors (Lipinski definition) is 4. The molecule has 1 aromatic carbocycles. The zero-order valence-corrected chi connectivity index (χ0v) is 12.3. The van der Waals surface area contributed by atoms with Crippen LogP contribution in [0.25, 0.3) is 0 Å². The molecule has 4 heteroatoms. The number of benzene rings is 1. The molecule has 0 amide bonds. The Hall–Kier alpha value is -1.26. The number of nitrogens with one attached hydrogen (secondary N) is 1. The first-order chi connectivity index (χ1) is 9.20.